The molecule has 0 aromatic heterocycles. The molecule has 1 atom stereocenters. The lowest BCUT2D eigenvalue weighted by atomic mass is 10.00. The van der Waals surface area contributed by atoms with Gasteiger partial charge in [0.15, 0.2) is 0 Å². The zero-order chi connectivity index (χ0) is 25.8. The van der Waals surface area contributed by atoms with Gasteiger partial charge < -0.3 is 9.47 Å². The molecule has 0 unspecified atom stereocenters. The number of esters is 2. The molecule has 4 heteroatoms. The highest BCUT2D eigenvalue weighted by Gasteiger charge is 2.12. The largest absolute Gasteiger partial charge is 0.462 e. The van der Waals surface area contributed by atoms with Crippen LogP contribution in [0, 0.1) is 5.92 Å². The lowest BCUT2D eigenvalue weighted by molar-refractivity contribution is 0.0447. The van der Waals surface area contributed by atoms with Crippen molar-refractivity contribution in [1.82, 2.24) is 0 Å². The average molecular weight is 487 g/mol. The Balaban J connectivity index is 1.52. The van der Waals surface area contributed by atoms with Gasteiger partial charge in [-0.05, 0) is 71.8 Å². The van der Waals surface area contributed by atoms with Gasteiger partial charge >= 0.3 is 11.9 Å². The summed E-state index contributed by atoms with van der Waals surface area (Å²) in [5.74, 6) is -0.103. The maximum atomic E-state index is 12.6. The number of carbonyl (C=O) groups is 2. The van der Waals surface area contributed by atoms with Crippen LogP contribution >= 0.6 is 0 Å². The van der Waals surface area contributed by atoms with Gasteiger partial charge in [-0.3, -0.25) is 0 Å². The predicted octanol–water partition coefficient (Wildman–Crippen LogP) is 8.29. The molecule has 190 valence electrons. The van der Waals surface area contributed by atoms with Crippen LogP contribution in [0.2, 0.25) is 0 Å². The highest BCUT2D eigenvalue weighted by atomic mass is 16.5. The van der Waals surface area contributed by atoms with Crippen molar-refractivity contribution in [3.8, 4) is 16.9 Å². The minimum atomic E-state index is -0.438. The molecule has 0 bridgehead atoms. The van der Waals surface area contributed by atoms with Crippen molar-refractivity contribution < 1.29 is 19.1 Å². The summed E-state index contributed by atoms with van der Waals surface area (Å²) in [6.07, 6.45) is 8.52. The number of benzene rings is 3. The quantitative estimate of drug-likeness (QED) is 0.139. The van der Waals surface area contributed by atoms with Crippen LogP contribution in [0.1, 0.15) is 85.6 Å². The van der Waals surface area contributed by atoms with Crippen molar-refractivity contribution in [3.63, 3.8) is 0 Å². The second-order valence-corrected chi connectivity index (χ2v) is 9.46. The molecule has 0 saturated heterocycles. The third kappa shape index (κ3) is 8.37. The van der Waals surface area contributed by atoms with E-state index in [9.17, 15) is 9.59 Å². The summed E-state index contributed by atoms with van der Waals surface area (Å²) in [5.41, 5.74) is 4.46. The number of hydrogen-bond donors (Lipinski definition) is 0. The van der Waals surface area contributed by atoms with E-state index in [1.165, 1.54) is 37.7 Å². The number of rotatable bonds is 13. The Morgan fingerprint density at radius 1 is 0.694 bits per heavy atom. The van der Waals surface area contributed by atoms with Crippen LogP contribution in [0.4, 0.5) is 0 Å². The van der Waals surface area contributed by atoms with E-state index >= 15 is 0 Å². The summed E-state index contributed by atoms with van der Waals surface area (Å²) in [4.78, 5) is 24.7. The van der Waals surface area contributed by atoms with E-state index in [1.54, 1.807) is 36.4 Å². The lowest BCUT2D eigenvalue weighted by Crippen LogP contribution is -2.12. The van der Waals surface area contributed by atoms with Gasteiger partial charge in [-0.15, -0.1) is 0 Å². The number of carbonyl (C=O) groups excluding carboxylic acids is 2. The summed E-state index contributed by atoms with van der Waals surface area (Å²) in [5, 5.41) is 0. The molecule has 36 heavy (non-hydrogen) atoms. The molecule has 0 N–H and O–H groups in total. The minimum Gasteiger partial charge on any atom is -0.462 e. The molecule has 0 aliphatic rings. The highest BCUT2D eigenvalue weighted by molar-refractivity contribution is 5.92. The molecule has 3 aromatic carbocycles. The third-order valence-electron chi connectivity index (χ3n) is 6.47. The van der Waals surface area contributed by atoms with E-state index in [0.717, 1.165) is 24.0 Å². The molecule has 0 aliphatic heterocycles. The molecule has 0 saturated carbocycles. The smallest absolute Gasteiger partial charge is 0.343 e. The number of ether oxygens (including phenoxy) is 2. The fourth-order valence-electron chi connectivity index (χ4n) is 3.84. The number of unbranched alkanes of at least 4 members (excludes halogenated alkanes) is 4. The van der Waals surface area contributed by atoms with Crippen LogP contribution in [0.25, 0.3) is 11.1 Å². The maximum absolute atomic E-state index is 12.6. The fraction of sp³-hybridized carbons (Fsp3) is 0.375. The highest BCUT2D eigenvalue weighted by Crippen LogP contribution is 2.22. The molecule has 0 spiro atoms. The summed E-state index contributed by atoms with van der Waals surface area (Å²) in [7, 11) is 0. The van der Waals surface area contributed by atoms with Crippen LogP contribution in [0.15, 0.2) is 72.8 Å². The zero-order valence-electron chi connectivity index (χ0n) is 21.8. The first-order valence-electron chi connectivity index (χ1n) is 13.2. The van der Waals surface area contributed by atoms with Crippen LogP contribution in [0.3, 0.4) is 0 Å². The van der Waals surface area contributed by atoms with E-state index in [2.05, 4.69) is 38.1 Å². The molecular formula is C32H38O4. The second kappa shape index (κ2) is 14.2. The first kappa shape index (κ1) is 27.2. The van der Waals surface area contributed by atoms with Crippen LogP contribution < -0.4 is 4.74 Å². The second-order valence-electron chi connectivity index (χ2n) is 9.46. The molecule has 0 amide bonds. The molecule has 3 rings (SSSR count). The number of aryl methyl sites for hydroxylation is 1. The Labute approximate surface area is 215 Å². The van der Waals surface area contributed by atoms with E-state index in [0.29, 0.717) is 29.4 Å². The molecule has 0 aliphatic carbocycles. The van der Waals surface area contributed by atoms with E-state index in [4.69, 9.17) is 9.47 Å². The van der Waals surface area contributed by atoms with Gasteiger partial charge in [0.25, 0.3) is 0 Å². The molecular weight excluding hydrogens is 448 g/mol. The van der Waals surface area contributed by atoms with Gasteiger partial charge in [0, 0.05) is 0 Å². The standard InChI is InChI=1S/C32H38O4/c1-4-6-7-8-9-10-25-11-13-26(14-12-25)27-15-17-29(18-16-27)32(34)36-30-21-19-28(20-22-30)31(33)35-23-24(3)5-2/h11-22,24H,4-10,23H2,1-3H3/t24-/m0/s1. The SMILES string of the molecule is CCCCCCCc1ccc(-c2ccc(C(=O)Oc3ccc(C(=O)OC[C@@H](C)CC)cc3)cc2)cc1. The molecule has 0 radical (unpaired) electrons. The Hall–Kier alpha value is -3.40. The first-order chi connectivity index (χ1) is 17.5. The maximum Gasteiger partial charge on any atom is 0.343 e. The van der Waals surface area contributed by atoms with Crippen molar-refractivity contribution in [2.75, 3.05) is 6.61 Å². The van der Waals surface area contributed by atoms with E-state index < -0.39 is 5.97 Å². The lowest BCUT2D eigenvalue weighted by Gasteiger charge is -2.10. The summed E-state index contributed by atoms with van der Waals surface area (Å²) < 4.78 is 10.8. The third-order valence-corrected chi connectivity index (χ3v) is 6.47. The monoisotopic (exact) mass is 486 g/mol. The zero-order valence-corrected chi connectivity index (χ0v) is 21.8. The number of hydrogen-bond acceptors (Lipinski definition) is 4. The van der Waals surface area contributed by atoms with Crippen LogP contribution in [-0.4, -0.2) is 18.5 Å². The van der Waals surface area contributed by atoms with Crippen molar-refractivity contribution in [2.45, 2.75) is 65.7 Å². The Bertz CT molecular complexity index is 1080. The van der Waals surface area contributed by atoms with Crippen molar-refractivity contribution in [2.24, 2.45) is 5.92 Å². The van der Waals surface area contributed by atoms with Gasteiger partial charge in [0.2, 0.25) is 0 Å². The van der Waals surface area contributed by atoms with Crippen molar-refractivity contribution >= 4 is 11.9 Å². The molecule has 3 aromatic rings. The van der Waals surface area contributed by atoms with Gasteiger partial charge in [-0.2, -0.15) is 0 Å². The molecule has 0 heterocycles. The molecule has 0 fully saturated rings. The van der Waals surface area contributed by atoms with E-state index in [1.807, 2.05) is 19.1 Å². The normalized spacial score (nSPS) is 11.6. The van der Waals surface area contributed by atoms with Gasteiger partial charge in [-0.25, -0.2) is 9.59 Å². The van der Waals surface area contributed by atoms with Gasteiger partial charge in [0.05, 0.1) is 17.7 Å². The molecule has 4 nitrogen and oxygen atoms in total. The van der Waals surface area contributed by atoms with E-state index in [-0.39, 0.29) is 5.97 Å². The summed E-state index contributed by atoms with van der Waals surface area (Å²) in [6.45, 7) is 6.73. The van der Waals surface area contributed by atoms with Gasteiger partial charge in [0.1, 0.15) is 5.75 Å². The Morgan fingerprint density at radius 2 is 1.25 bits per heavy atom. The summed E-state index contributed by atoms with van der Waals surface area (Å²) >= 11 is 0. The van der Waals surface area contributed by atoms with Crippen molar-refractivity contribution in [3.05, 3.63) is 89.5 Å². The van der Waals surface area contributed by atoms with Crippen LogP contribution in [-0.2, 0) is 11.2 Å². The fourth-order valence-corrected chi connectivity index (χ4v) is 3.84. The first-order valence-corrected chi connectivity index (χ1v) is 13.2. The predicted molar refractivity (Wildman–Crippen MR) is 145 cm³/mol. The van der Waals surface area contributed by atoms with Crippen LogP contribution in [0.5, 0.6) is 5.75 Å². The summed E-state index contributed by atoms with van der Waals surface area (Å²) in [6, 6.07) is 22.5. The Morgan fingerprint density at radius 3 is 1.86 bits per heavy atom. The van der Waals surface area contributed by atoms with Gasteiger partial charge in [-0.1, -0.05) is 89.3 Å². The topological polar surface area (TPSA) is 52.6 Å². The van der Waals surface area contributed by atoms with Crippen molar-refractivity contribution in [1.29, 1.82) is 0 Å². The average Bonchev–Trinajstić information content (AvgIpc) is 2.92. The minimum absolute atomic E-state index is 0.324. The Kier molecular flexibility index (Phi) is 10.7.